The van der Waals surface area contributed by atoms with E-state index in [1.807, 2.05) is 6.92 Å². The van der Waals surface area contributed by atoms with Crippen molar-refractivity contribution in [2.45, 2.75) is 6.92 Å². The molecule has 108 valence electrons. The minimum atomic E-state index is -0.337. The summed E-state index contributed by atoms with van der Waals surface area (Å²) in [5.74, 6) is -0.224. The first kappa shape index (κ1) is 15.7. The Hall–Kier alpha value is -1.73. The molecule has 0 unspecified atom stereocenters. The second-order valence-corrected chi connectivity index (χ2v) is 5.93. The Morgan fingerprint density at radius 1 is 1.33 bits per heavy atom. The Balaban J connectivity index is 2.05. The Labute approximate surface area is 138 Å². The summed E-state index contributed by atoms with van der Waals surface area (Å²) in [6.07, 6.45) is 2.97. The van der Waals surface area contributed by atoms with E-state index in [9.17, 15) is 9.90 Å². The molecule has 0 aliphatic heterocycles. The number of amides is 1. The molecule has 0 aliphatic carbocycles. The van der Waals surface area contributed by atoms with Gasteiger partial charge in [-0.15, -0.1) is 0 Å². The Bertz CT molecular complexity index is 677. The Morgan fingerprint density at radius 2 is 2.00 bits per heavy atom. The third-order valence-corrected chi connectivity index (χ3v) is 3.80. The summed E-state index contributed by atoms with van der Waals surface area (Å²) in [5.41, 5.74) is 4.41. The lowest BCUT2D eigenvalue weighted by Gasteiger charge is -2.02. The van der Waals surface area contributed by atoms with Gasteiger partial charge in [0.1, 0.15) is 5.75 Å². The Morgan fingerprint density at radius 3 is 2.57 bits per heavy atom. The van der Waals surface area contributed by atoms with Gasteiger partial charge in [0.05, 0.1) is 20.7 Å². The van der Waals surface area contributed by atoms with E-state index in [0.717, 1.165) is 5.69 Å². The van der Waals surface area contributed by atoms with Crippen molar-refractivity contribution in [2.75, 3.05) is 0 Å². The summed E-state index contributed by atoms with van der Waals surface area (Å²) in [7, 11) is 0. The second kappa shape index (κ2) is 6.82. The number of benzene rings is 1. The number of nitrogens with zero attached hydrogens (tertiary/aromatic N) is 2. The number of aromatic nitrogens is 1. The second-order valence-electron chi connectivity index (χ2n) is 4.22. The molecular formula is C14H11Br2N3O2. The van der Waals surface area contributed by atoms with E-state index in [0.29, 0.717) is 20.1 Å². The summed E-state index contributed by atoms with van der Waals surface area (Å²) >= 11 is 6.45. The van der Waals surface area contributed by atoms with Gasteiger partial charge in [0.25, 0.3) is 5.91 Å². The zero-order chi connectivity index (χ0) is 15.4. The maximum atomic E-state index is 11.8. The molecule has 0 spiro atoms. The van der Waals surface area contributed by atoms with Gasteiger partial charge in [0.15, 0.2) is 0 Å². The van der Waals surface area contributed by atoms with E-state index in [2.05, 4.69) is 47.4 Å². The van der Waals surface area contributed by atoms with Crippen molar-refractivity contribution in [3.63, 3.8) is 0 Å². The lowest BCUT2D eigenvalue weighted by molar-refractivity contribution is 0.0955. The van der Waals surface area contributed by atoms with Crippen molar-refractivity contribution in [1.29, 1.82) is 0 Å². The van der Waals surface area contributed by atoms with Crippen molar-refractivity contribution in [3.05, 3.63) is 56.2 Å². The predicted octanol–water partition coefficient (Wildman–Crippen LogP) is 3.38. The highest BCUT2D eigenvalue weighted by Gasteiger charge is 2.06. The highest BCUT2D eigenvalue weighted by atomic mass is 79.9. The van der Waals surface area contributed by atoms with E-state index in [4.69, 9.17) is 0 Å². The van der Waals surface area contributed by atoms with E-state index in [1.165, 1.54) is 12.4 Å². The van der Waals surface area contributed by atoms with E-state index < -0.39 is 0 Å². The lowest BCUT2D eigenvalue weighted by atomic mass is 10.2. The number of hydrogen-bond acceptors (Lipinski definition) is 4. The molecule has 0 saturated carbocycles. The standard InChI is InChI=1S/C14H11Br2N3O2/c1-8-2-3-10(7-17-8)14(21)19-18-6-9-4-11(15)13(20)12(16)5-9/h2-7,20H,1H3,(H,19,21). The molecule has 2 rings (SSSR count). The van der Waals surface area contributed by atoms with Crippen LogP contribution in [0.3, 0.4) is 0 Å². The molecule has 1 heterocycles. The minimum absolute atomic E-state index is 0.113. The molecule has 0 atom stereocenters. The van der Waals surface area contributed by atoms with Gasteiger partial charge in [-0.1, -0.05) is 0 Å². The minimum Gasteiger partial charge on any atom is -0.506 e. The number of phenolic OH excluding ortho intramolecular Hbond substituents is 1. The quantitative estimate of drug-likeness (QED) is 0.599. The predicted molar refractivity (Wildman–Crippen MR) is 87.5 cm³/mol. The number of hydrazone groups is 1. The average molecular weight is 413 g/mol. The maximum absolute atomic E-state index is 11.8. The monoisotopic (exact) mass is 411 g/mol. The van der Waals surface area contributed by atoms with Gasteiger partial charge in [-0.3, -0.25) is 9.78 Å². The molecule has 1 aromatic heterocycles. The molecular weight excluding hydrogens is 402 g/mol. The molecule has 0 fully saturated rings. The van der Waals surface area contributed by atoms with Gasteiger partial charge in [-0.25, -0.2) is 5.43 Å². The number of halogens is 2. The van der Waals surface area contributed by atoms with Crippen molar-refractivity contribution >= 4 is 44.0 Å². The van der Waals surface area contributed by atoms with Crippen LogP contribution < -0.4 is 5.43 Å². The summed E-state index contributed by atoms with van der Waals surface area (Å²) in [6.45, 7) is 1.85. The SMILES string of the molecule is Cc1ccc(C(=O)NN=Cc2cc(Br)c(O)c(Br)c2)cn1. The molecule has 21 heavy (non-hydrogen) atoms. The molecule has 1 aromatic carbocycles. The van der Waals surface area contributed by atoms with Gasteiger partial charge in [0, 0.05) is 11.9 Å². The van der Waals surface area contributed by atoms with Gasteiger partial charge in [-0.2, -0.15) is 5.10 Å². The van der Waals surface area contributed by atoms with Crippen LogP contribution in [0.25, 0.3) is 0 Å². The van der Waals surface area contributed by atoms with Crippen molar-refractivity contribution in [2.24, 2.45) is 5.10 Å². The normalized spacial score (nSPS) is 10.8. The fraction of sp³-hybridized carbons (Fsp3) is 0.0714. The fourth-order valence-corrected chi connectivity index (χ4v) is 2.71. The molecule has 0 bridgehead atoms. The average Bonchev–Trinajstić information content (AvgIpc) is 2.45. The van der Waals surface area contributed by atoms with Gasteiger partial charge >= 0.3 is 0 Å². The first-order chi connectivity index (χ1) is 9.97. The number of pyridine rings is 1. The van der Waals surface area contributed by atoms with Crippen LogP contribution >= 0.6 is 31.9 Å². The smallest absolute Gasteiger partial charge is 0.272 e. The third kappa shape index (κ3) is 4.12. The topological polar surface area (TPSA) is 74.6 Å². The summed E-state index contributed by atoms with van der Waals surface area (Å²) in [4.78, 5) is 15.9. The number of phenols is 1. The number of aryl methyl sites for hydroxylation is 1. The Kier molecular flexibility index (Phi) is 5.08. The van der Waals surface area contributed by atoms with Crippen LogP contribution in [0.2, 0.25) is 0 Å². The van der Waals surface area contributed by atoms with Gasteiger partial charge < -0.3 is 5.11 Å². The van der Waals surface area contributed by atoms with E-state index in [-0.39, 0.29) is 11.7 Å². The molecule has 2 N–H and O–H groups in total. The number of hydrogen-bond donors (Lipinski definition) is 2. The highest BCUT2D eigenvalue weighted by Crippen LogP contribution is 2.32. The van der Waals surface area contributed by atoms with Crippen LogP contribution in [0.1, 0.15) is 21.6 Å². The summed E-state index contributed by atoms with van der Waals surface area (Å²) in [5, 5.41) is 13.5. The molecule has 1 amide bonds. The molecule has 7 heteroatoms. The van der Waals surface area contributed by atoms with E-state index in [1.54, 1.807) is 24.3 Å². The number of aromatic hydroxyl groups is 1. The van der Waals surface area contributed by atoms with Crippen molar-refractivity contribution < 1.29 is 9.90 Å². The van der Waals surface area contributed by atoms with Crippen molar-refractivity contribution in [1.82, 2.24) is 10.4 Å². The van der Waals surface area contributed by atoms with Crippen LogP contribution in [-0.4, -0.2) is 22.2 Å². The third-order valence-electron chi connectivity index (χ3n) is 2.59. The van der Waals surface area contributed by atoms with Crippen LogP contribution in [0, 0.1) is 6.92 Å². The van der Waals surface area contributed by atoms with Crippen LogP contribution in [0.5, 0.6) is 5.75 Å². The number of carbonyl (C=O) groups excluding carboxylic acids is 1. The van der Waals surface area contributed by atoms with Gasteiger partial charge in [0.2, 0.25) is 0 Å². The first-order valence-corrected chi connectivity index (χ1v) is 7.50. The molecule has 0 saturated heterocycles. The molecule has 2 aromatic rings. The van der Waals surface area contributed by atoms with Crippen LogP contribution in [0.4, 0.5) is 0 Å². The lowest BCUT2D eigenvalue weighted by Crippen LogP contribution is -2.17. The highest BCUT2D eigenvalue weighted by molar-refractivity contribution is 9.11. The van der Waals surface area contributed by atoms with Gasteiger partial charge in [-0.05, 0) is 68.6 Å². The fourth-order valence-electron chi connectivity index (χ4n) is 1.49. The molecule has 0 radical (unpaired) electrons. The zero-order valence-corrected chi connectivity index (χ0v) is 14.1. The summed E-state index contributed by atoms with van der Waals surface area (Å²) < 4.78 is 1.07. The molecule has 5 nitrogen and oxygen atoms in total. The van der Waals surface area contributed by atoms with Crippen molar-refractivity contribution in [3.8, 4) is 5.75 Å². The molecule has 0 aliphatic rings. The largest absolute Gasteiger partial charge is 0.506 e. The zero-order valence-electron chi connectivity index (χ0n) is 11.0. The number of nitrogens with one attached hydrogen (secondary N) is 1. The maximum Gasteiger partial charge on any atom is 0.272 e. The van der Waals surface area contributed by atoms with E-state index >= 15 is 0 Å². The number of rotatable bonds is 3. The summed E-state index contributed by atoms with van der Waals surface area (Å²) in [6, 6.07) is 6.81. The van der Waals surface area contributed by atoms with Crippen LogP contribution in [-0.2, 0) is 0 Å². The number of carbonyl (C=O) groups is 1. The first-order valence-electron chi connectivity index (χ1n) is 5.91. The van der Waals surface area contributed by atoms with Crippen LogP contribution in [0.15, 0.2) is 44.5 Å².